The van der Waals surface area contributed by atoms with E-state index in [1.165, 1.54) is 35.1 Å². The highest BCUT2D eigenvalue weighted by molar-refractivity contribution is 8.00. The summed E-state index contributed by atoms with van der Waals surface area (Å²) >= 11 is 3.02. The summed E-state index contributed by atoms with van der Waals surface area (Å²) in [6.45, 7) is 2.20. The van der Waals surface area contributed by atoms with Crippen molar-refractivity contribution in [1.29, 1.82) is 0 Å². The Balaban J connectivity index is 1.75. The molecule has 1 aliphatic carbocycles. The van der Waals surface area contributed by atoms with Gasteiger partial charge in [0.1, 0.15) is 5.00 Å². The fraction of sp³-hybridized carbons (Fsp3) is 0.400. The van der Waals surface area contributed by atoms with Gasteiger partial charge in [-0.25, -0.2) is 4.79 Å². The first-order valence-electron chi connectivity index (χ1n) is 8.82. The van der Waals surface area contributed by atoms with E-state index in [4.69, 9.17) is 4.74 Å². The summed E-state index contributed by atoms with van der Waals surface area (Å²) in [4.78, 5) is 27.0. The molecular weight excluding hydrogens is 366 g/mol. The van der Waals surface area contributed by atoms with Crippen molar-refractivity contribution in [1.82, 2.24) is 0 Å². The van der Waals surface area contributed by atoms with Gasteiger partial charge >= 0.3 is 5.97 Å². The SMILES string of the molecule is CC[C@@H]1CCc2c(sc(NC(=O)CSc3ccccc3)c2C(=O)OC)C1. The normalized spacial score (nSPS) is 16.0. The number of rotatable bonds is 6. The lowest BCUT2D eigenvalue weighted by molar-refractivity contribution is -0.113. The van der Waals surface area contributed by atoms with Crippen LogP contribution in [-0.2, 0) is 22.4 Å². The second-order valence-electron chi connectivity index (χ2n) is 6.37. The molecule has 4 nitrogen and oxygen atoms in total. The average molecular weight is 390 g/mol. The Morgan fingerprint density at radius 1 is 1.31 bits per heavy atom. The number of hydrogen-bond acceptors (Lipinski definition) is 5. The number of anilines is 1. The maximum absolute atomic E-state index is 12.4. The molecule has 1 amide bonds. The van der Waals surface area contributed by atoms with E-state index in [-0.39, 0.29) is 11.9 Å². The van der Waals surface area contributed by atoms with Gasteiger partial charge in [0.05, 0.1) is 18.4 Å². The van der Waals surface area contributed by atoms with Gasteiger partial charge in [-0.1, -0.05) is 31.5 Å². The second kappa shape index (κ2) is 8.73. The first kappa shape index (κ1) is 19.0. The summed E-state index contributed by atoms with van der Waals surface area (Å²) in [7, 11) is 1.39. The molecule has 1 aromatic heterocycles. The second-order valence-corrected chi connectivity index (χ2v) is 8.52. The van der Waals surface area contributed by atoms with Gasteiger partial charge in [-0.15, -0.1) is 23.1 Å². The number of benzene rings is 1. The third-order valence-electron chi connectivity index (χ3n) is 4.70. The monoisotopic (exact) mass is 389 g/mol. The van der Waals surface area contributed by atoms with Crippen LogP contribution in [0.25, 0.3) is 0 Å². The molecule has 0 saturated heterocycles. The Bertz CT molecular complexity index is 786. The van der Waals surface area contributed by atoms with Crippen LogP contribution in [0.15, 0.2) is 35.2 Å². The van der Waals surface area contributed by atoms with Crippen LogP contribution >= 0.6 is 23.1 Å². The number of ether oxygens (including phenoxy) is 1. The van der Waals surface area contributed by atoms with E-state index in [0.717, 1.165) is 36.1 Å². The van der Waals surface area contributed by atoms with Crippen molar-refractivity contribution in [2.24, 2.45) is 5.92 Å². The van der Waals surface area contributed by atoms with Crippen molar-refractivity contribution in [3.8, 4) is 0 Å². The predicted molar refractivity (Wildman–Crippen MR) is 107 cm³/mol. The number of methoxy groups -OCH3 is 1. The Kier molecular flexibility index (Phi) is 6.38. The number of fused-ring (bicyclic) bond motifs is 1. The Morgan fingerprint density at radius 3 is 2.77 bits per heavy atom. The summed E-state index contributed by atoms with van der Waals surface area (Å²) in [6, 6.07) is 9.81. The topological polar surface area (TPSA) is 55.4 Å². The molecule has 2 aromatic rings. The highest BCUT2D eigenvalue weighted by atomic mass is 32.2. The van der Waals surface area contributed by atoms with Crippen molar-refractivity contribution < 1.29 is 14.3 Å². The van der Waals surface area contributed by atoms with Gasteiger partial charge in [-0.05, 0) is 42.9 Å². The van der Waals surface area contributed by atoms with E-state index in [9.17, 15) is 9.59 Å². The van der Waals surface area contributed by atoms with E-state index >= 15 is 0 Å². The Morgan fingerprint density at radius 2 is 2.08 bits per heavy atom. The summed E-state index contributed by atoms with van der Waals surface area (Å²) in [6.07, 6.45) is 4.08. The van der Waals surface area contributed by atoms with Crippen LogP contribution in [0, 0.1) is 5.92 Å². The molecule has 0 saturated carbocycles. The average Bonchev–Trinajstić information content (AvgIpc) is 3.03. The van der Waals surface area contributed by atoms with E-state index in [2.05, 4.69) is 12.2 Å². The van der Waals surface area contributed by atoms with Gasteiger partial charge in [0, 0.05) is 9.77 Å². The van der Waals surface area contributed by atoms with Crippen LogP contribution in [0.2, 0.25) is 0 Å². The van der Waals surface area contributed by atoms with Crippen LogP contribution < -0.4 is 5.32 Å². The van der Waals surface area contributed by atoms with Crippen LogP contribution in [0.3, 0.4) is 0 Å². The fourth-order valence-corrected chi connectivity index (χ4v) is 5.32. The lowest BCUT2D eigenvalue weighted by atomic mass is 9.86. The largest absolute Gasteiger partial charge is 0.465 e. The number of thiophene rings is 1. The molecule has 0 radical (unpaired) electrons. The number of esters is 1. The van der Waals surface area contributed by atoms with E-state index in [1.807, 2.05) is 30.3 Å². The number of hydrogen-bond donors (Lipinski definition) is 1. The maximum atomic E-state index is 12.4. The zero-order valence-electron chi connectivity index (χ0n) is 15.0. The Labute approximate surface area is 162 Å². The van der Waals surface area contributed by atoms with Crippen LogP contribution in [0.1, 0.15) is 40.6 Å². The molecule has 3 rings (SSSR count). The first-order valence-corrected chi connectivity index (χ1v) is 10.6. The third kappa shape index (κ3) is 4.30. The minimum Gasteiger partial charge on any atom is -0.465 e. The molecule has 6 heteroatoms. The lowest BCUT2D eigenvalue weighted by Gasteiger charge is -2.20. The molecule has 1 aliphatic rings. The summed E-state index contributed by atoms with van der Waals surface area (Å²) in [5.74, 6) is 0.507. The first-order chi connectivity index (χ1) is 12.6. The molecule has 1 N–H and O–H groups in total. The van der Waals surface area contributed by atoms with Gasteiger partial charge in [-0.2, -0.15) is 0 Å². The van der Waals surface area contributed by atoms with E-state index < -0.39 is 0 Å². The van der Waals surface area contributed by atoms with Gasteiger partial charge in [-0.3, -0.25) is 4.79 Å². The van der Waals surface area contributed by atoms with E-state index in [0.29, 0.717) is 22.2 Å². The number of carbonyl (C=O) groups excluding carboxylic acids is 2. The summed E-state index contributed by atoms with van der Waals surface area (Å²) in [5.41, 5.74) is 1.62. The third-order valence-corrected chi connectivity index (χ3v) is 6.88. The molecular formula is C20H23NO3S2. The molecule has 0 unspecified atom stereocenters. The molecule has 0 fully saturated rings. The predicted octanol–water partition coefficient (Wildman–Crippen LogP) is 4.78. The standard InChI is InChI=1S/C20H23NO3S2/c1-3-13-9-10-15-16(11-13)26-19(18(15)20(23)24-2)21-17(22)12-25-14-7-5-4-6-8-14/h4-8,13H,3,9-12H2,1-2H3,(H,21,22)/t13-/m1/s1. The highest BCUT2D eigenvalue weighted by Gasteiger charge is 2.29. The molecule has 1 atom stereocenters. The zero-order chi connectivity index (χ0) is 18.5. The summed E-state index contributed by atoms with van der Waals surface area (Å²) in [5, 5.41) is 3.58. The smallest absolute Gasteiger partial charge is 0.341 e. The number of amides is 1. The van der Waals surface area contributed by atoms with Crippen molar-refractivity contribution in [2.75, 3.05) is 18.2 Å². The summed E-state index contributed by atoms with van der Waals surface area (Å²) < 4.78 is 4.98. The van der Waals surface area contributed by atoms with Crippen molar-refractivity contribution >= 4 is 40.0 Å². The fourth-order valence-electron chi connectivity index (χ4n) is 3.24. The molecule has 0 bridgehead atoms. The molecule has 1 aromatic carbocycles. The minimum absolute atomic E-state index is 0.102. The minimum atomic E-state index is -0.358. The molecule has 0 aliphatic heterocycles. The van der Waals surface area contributed by atoms with Crippen LogP contribution in [0.5, 0.6) is 0 Å². The molecule has 26 heavy (non-hydrogen) atoms. The molecule has 0 spiro atoms. The Hall–Kier alpha value is -1.79. The highest BCUT2D eigenvalue weighted by Crippen LogP contribution is 2.40. The number of thioether (sulfide) groups is 1. The van der Waals surface area contributed by atoms with Crippen LogP contribution in [-0.4, -0.2) is 24.7 Å². The number of carbonyl (C=O) groups is 2. The van der Waals surface area contributed by atoms with Crippen molar-refractivity contribution in [2.45, 2.75) is 37.5 Å². The zero-order valence-corrected chi connectivity index (χ0v) is 16.7. The van der Waals surface area contributed by atoms with Crippen molar-refractivity contribution in [3.63, 3.8) is 0 Å². The number of nitrogens with one attached hydrogen (secondary N) is 1. The molecule has 138 valence electrons. The lowest BCUT2D eigenvalue weighted by Crippen LogP contribution is -2.17. The maximum Gasteiger partial charge on any atom is 0.341 e. The quantitative estimate of drug-likeness (QED) is 0.571. The van der Waals surface area contributed by atoms with E-state index in [1.54, 1.807) is 0 Å². The van der Waals surface area contributed by atoms with Gasteiger partial charge in [0.2, 0.25) is 5.91 Å². The van der Waals surface area contributed by atoms with Crippen molar-refractivity contribution in [3.05, 3.63) is 46.3 Å². The van der Waals surface area contributed by atoms with Gasteiger partial charge < -0.3 is 10.1 Å². The van der Waals surface area contributed by atoms with Gasteiger partial charge in [0.15, 0.2) is 0 Å². The van der Waals surface area contributed by atoms with Crippen LogP contribution in [0.4, 0.5) is 5.00 Å². The van der Waals surface area contributed by atoms with Gasteiger partial charge in [0.25, 0.3) is 0 Å². The molecule has 1 heterocycles.